The molecule has 0 aliphatic rings. The molecule has 0 atom stereocenters. The maximum Gasteiger partial charge on any atom is 0.335 e. The zero-order valence-corrected chi connectivity index (χ0v) is 6.97. The average molecular weight is 200 g/mol. The Morgan fingerprint density at radius 2 is 2.23 bits per heavy atom. The second-order valence-corrected chi connectivity index (χ2v) is 2.64. The topological polar surface area (TPSA) is 61.1 Å². The van der Waals surface area contributed by atoms with Gasteiger partial charge in [-0.3, -0.25) is 0 Å². The number of nitrogens with zero attached hydrogens (tertiary/aromatic N) is 1. The summed E-state index contributed by atoms with van der Waals surface area (Å²) in [6.07, 6.45) is 0. The Morgan fingerprint density at radius 3 is 2.62 bits per heavy atom. The van der Waals surface area contributed by atoms with Crippen molar-refractivity contribution in [3.63, 3.8) is 0 Å². The van der Waals surface area contributed by atoms with E-state index in [0.29, 0.717) is 0 Å². The first-order valence-corrected chi connectivity index (χ1v) is 3.56. The molecule has 5 heteroatoms. The SMILES string of the molecule is N#Cc1c(F)cc(C(=O)O)cc1Cl. The standard InChI is InChI=1S/C8H3ClFNO2/c9-6-1-4(8(12)13)2-7(10)5(6)3-11/h1-2H,(H,12,13). The van der Waals surface area contributed by atoms with Crippen molar-refractivity contribution in [2.24, 2.45) is 0 Å². The quantitative estimate of drug-likeness (QED) is 0.753. The number of rotatable bonds is 1. The number of carboxylic acid groups (broad SMARTS) is 1. The van der Waals surface area contributed by atoms with Crippen LogP contribution in [-0.2, 0) is 0 Å². The maximum absolute atomic E-state index is 12.9. The molecule has 66 valence electrons. The first-order chi connectivity index (χ1) is 6.06. The third-order valence-electron chi connectivity index (χ3n) is 1.40. The van der Waals surface area contributed by atoms with Gasteiger partial charge in [-0.2, -0.15) is 5.26 Å². The molecule has 0 fully saturated rings. The van der Waals surface area contributed by atoms with Crippen molar-refractivity contribution >= 4 is 17.6 Å². The number of benzene rings is 1. The minimum absolute atomic E-state index is 0.195. The smallest absolute Gasteiger partial charge is 0.335 e. The Hall–Kier alpha value is -1.60. The molecule has 0 bridgehead atoms. The van der Waals surface area contributed by atoms with Crippen LogP contribution in [0.4, 0.5) is 4.39 Å². The van der Waals surface area contributed by atoms with Crippen LogP contribution in [0.1, 0.15) is 15.9 Å². The van der Waals surface area contributed by atoms with E-state index in [1.54, 1.807) is 0 Å². The molecule has 0 aliphatic carbocycles. The molecule has 0 aromatic heterocycles. The van der Waals surface area contributed by atoms with E-state index >= 15 is 0 Å². The van der Waals surface area contributed by atoms with Gasteiger partial charge in [-0.1, -0.05) is 11.6 Å². The Bertz CT molecular complexity index is 388. The number of nitriles is 1. The summed E-state index contributed by atoms with van der Waals surface area (Å²) in [5.74, 6) is -2.21. The van der Waals surface area contributed by atoms with Crippen LogP contribution in [0.3, 0.4) is 0 Å². The second kappa shape index (κ2) is 3.42. The van der Waals surface area contributed by atoms with Gasteiger partial charge < -0.3 is 5.11 Å². The van der Waals surface area contributed by atoms with E-state index in [9.17, 15) is 9.18 Å². The van der Waals surface area contributed by atoms with E-state index in [1.165, 1.54) is 6.07 Å². The Morgan fingerprint density at radius 1 is 1.62 bits per heavy atom. The molecule has 3 nitrogen and oxygen atoms in total. The normalized spacial score (nSPS) is 9.31. The van der Waals surface area contributed by atoms with Gasteiger partial charge in [-0.05, 0) is 12.1 Å². The van der Waals surface area contributed by atoms with Crippen molar-refractivity contribution in [1.29, 1.82) is 5.26 Å². The molecule has 0 spiro atoms. The molecule has 0 heterocycles. The van der Waals surface area contributed by atoms with E-state index in [2.05, 4.69) is 0 Å². The minimum Gasteiger partial charge on any atom is -0.478 e. The highest BCUT2D eigenvalue weighted by molar-refractivity contribution is 6.32. The molecule has 0 aliphatic heterocycles. The van der Waals surface area contributed by atoms with Crippen molar-refractivity contribution < 1.29 is 14.3 Å². The van der Waals surface area contributed by atoms with Crippen LogP contribution in [0, 0.1) is 17.1 Å². The van der Waals surface area contributed by atoms with Crippen LogP contribution in [0.25, 0.3) is 0 Å². The predicted octanol–water partition coefficient (Wildman–Crippen LogP) is 2.05. The first-order valence-electron chi connectivity index (χ1n) is 3.18. The Labute approximate surface area is 78.0 Å². The fraction of sp³-hybridized carbons (Fsp3) is 0. The van der Waals surface area contributed by atoms with Crippen LogP contribution < -0.4 is 0 Å². The molecular weight excluding hydrogens is 197 g/mol. The fourth-order valence-electron chi connectivity index (χ4n) is 0.803. The summed E-state index contributed by atoms with van der Waals surface area (Å²) < 4.78 is 12.9. The van der Waals surface area contributed by atoms with Gasteiger partial charge in [-0.15, -0.1) is 0 Å². The molecule has 1 aromatic rings. The molecule has 1 rings (SSSR count). The number of carboxylic acids is 1. The van der Waals surface area contributed by atoms with Crippen LogP contribution >= 0.6 is 11.6 Å². The number of hydrogen-bond donors (Lipinski definition) is 1. The average Bonchev–Trinajstić information content (AvgIpc) is 2.03. The summed E-state index contributed by atoms with van der Waals surface area (Å²) in [7, 11) is 0. The van der Waals surface area contributed by atoms with Crippen LogP contribution in [-0.4, -0.2) is 11.1 Å². The number of carbonyl (C=O) groups is 1. The van der Waals surface area contributed by atoms with Gasteiger partial charge in [0.15, 0.2) is 0 Å². The molecule has 0 saturated heterocycles. The van der Waals surface area contributed by atoms with E-state index in [0.717, 1.165) is 12.1 Å². The Balaban J connectivity index is 3.39. The lowest BCUT2D eigenvalue weighted by Gasteiger charge is -1.99. The van der Waals surface area contributed by atoms with Crippen LogP contribution in [0.2, 0.25) is 5.02 Å². The monoisotopic (exact) mass is 199 g/mol. The first kappa shape index (κ1) is 9.49. The van der Waals surface area contributed by atoms with E-state index in [1.807, 2.05) is 0 Å². The molecule has 1 aromatic carbocycles. The highest BCUT2D eigenvalue weighted by atomic mass is 35.5. The van der Waals surface area contributed by atoms with Gasteiger partial charge in [0.1, 0.15) is 17.4 Å². The largest absolute Gasteiger partial charge is 0.478 e. The molecule has 0 amide bonds. The predicted molar refractivity (Wildman–Crippen MR) is 43.1 cm³/mol. The van der Waals surface area contributed by atoms with Crippen molar-refractivity contribution in [1.82, 2.24) is 0 Å². The Kier molecular flexibility index (Phi) is 2.49. The summed E-state index contributed by atoms with van der Waals surface area (Å²) in [6.45, 7) is 0. The van der Waals surface area contributed by atoms with Gasteiger partial charge in [0, 0.05) is 0 Å². The zero-order valence-electron chi connectivity index (χ0n) is 6.21. The van der Waals surface area contributed by atoms with Crippen molar-refractivity contribution in [3.05, 3.63) is 34.1 Å². The van der Waals surface area contributed by atoms with E-state index < -0.39 is 11.8 Å². The maximum atomic E-state index is 12.9. The summed E-state index contributed by atoms with van der Waals surface area (Å²) in [6, 6.07) is 3.32. The van der Waals surface area contributed by atoms with E-state index in [4.69, 9.17) is 22.0 Å². The second-order valence-electron chi connectivity index (χ2n) is 2.23. The third kappa shape index (κ3) is 1.76. The highest BCUT2D eigenvalue weighted by Gasteiger charge is 2.12. The highest BCUT2D eigenvalue weighted by Crippen LogP contribution is 2.20. The lowest BCUT2D eigenvalue weighted by Crippen LogP contribution is -1.98. The van der Waals surface area contributed by atoms with Gasteiger partial charge in [0.05, 0.1) is 10.6 Å². The number of aromatic carboxylic acids is 1. The minimum atomic E-state index is -1.29. The van der Waals surface area contributed by atoms with Gasteiger partial charge in [-0.25, -0.2) is 9.18 Å². The van der Waals surface area contributed by atoms with Crippen molar-refractivity contribution in [2.45, 2.75) is 0 Å². The van der Waals surface area contributed by atoms with Crippen LogP contribution in [0.15, 0.2) is 12.1 Å². The lowest BCUT2D eigenvalue weighted by atomic mass is 10.1. The summed E-state index contributed by atoms with van der Waals surface area (Å²) in [4.78, 5) is 10.4. The number of halogens is 2. The lowest BCUT2D eigenvalue weighted by molar-refractivity contribution is 0.0696. The van der Waals surface area contributed by atoms with Gasteiger partial charge in [0.25, 0.3) is 0 Å². The van der Waals surface area contributed by atoms with Gasteiger partial charge in [0.2, 0.25) is 0 Å². The summed E-state index contributed by atoms with van der Waals surface area (Å²) in [5.41, 5.74) is -0.617. The molecular formula is C8H3ClFNO2. The third-order valence-corrected chi connectivity index (χ3v) is 1.70. The summed E-state index contributed by atoms with van der Waals surface area (Å²) in [5, 5.41) is 16.7. The molecule has 0 radical (unpaired) electrons. The van der Waals surface area contributed by atoms with Crippen molar-refractivity contribution in [3.8, 4) is 6.07 Å². The molecule has 1 N–H and O–H groups in total. The van der Waals surface area contributed by atoms with E-state index in [-0.39, 0.29) is 16.1 Å². The summed E-state index contributed by atoms with van der Waals surface area (Å²) >= 11 is 5.45. The van der Waals surface area contributed by atoms with Crippen molar-refractivity contribution in [2.75, 3.05) is 0 Å². The van der Waals surface area contributed by atoms with Crippen LogP contribution in [0.5, 0.6) is 0 Å². The fourth-order valence-corrected chi connectivity index (χ4v) is 1.05. The molecule has 0 saturated carbocycles. The molecule has 13 heavy (non-hydrogen) atoms. The van der Waals surface area contributed by atoms with Gasteiger partial charge >= 0.3 is 5.97 Å². The zero-order chi connectivity index (χ0) is 10.0. The number of hydrogen-bond acceptors (Lipinski definition) is 2. The molecule has 0 unspecified atom stereocenters.